The van der Waals surface area contributed by atoms with Crippen molar-refractivity contribution in [1.29, 1.82) is 0 Å². The SMILES string of the molecule is C[C@H]1[C@@H](O)CN1C(=O)c1coc(Cc2cn(-c3cccc(F)c3)cn2)n1. The van der Waals surface area contributed by atoms with E-state index in [0.717, 1.165) is 0 Å². The number of benzene rings is 1. The molecule has 1 aliphatic rings. The van der Waals surface area contributed by atoms with Gasteiger partial charge in [-0.3, -0.25) is 4.79 Å². The third-order valence-electron chi connectivity index (χ3n) is 4.54. The lowest BCUT2D eigenvalue weighted by atomic mass is 10.0. The summed E-state index contributed by atoms with van der Waals surface area (Å²) >= 11 is 0. The first-order chi connectivity index (χ1) is 12.5. The van der Waals surface area contributed by atoms with Gasteiger partial charge in [-0.1, -0.05) is 6.07 Å². The summed E-state index contributed by atoms with van der Waals surface area (Å²) in [5, 5.41) is 9.52. The standard InChI is InChI=1S/C18H17FN4O3/c1-11-16(24)8-23(11)18(25)15-9-26-17(21-15)6-13-7-22(10-20-13)14-4-2-3-12(19)5-14/h2-5,7,9-11,16,24H,6,8H2,1H3/t11-,16-/m0/s1. The van der Waals surface area contributed by atoms with Gasteiger partial charge in [-0.2, -0.15) is 0 Å². The highest BCUT2D eigenvalue weighted by atomic mass is 19.1. The molecule has 0 spiro atoms. The van der Waals surface area contributed by atoms with Crippen molar-refractivity contribution in [3.05, 3.63) is 66.1 Å². The number of hydrogen-bond acceptors (Lipinski definition) is 5. The van der Waals surface area contributed by atoms with E-state index in [1.807, 2.05) is 0 Å². The first-order valence-electron chi connectivity index (χ1n) is 8.23. The summed E-state index contributed by atoms with van der Waals surface area (Å²) in [4.78, 5) is 22.3. The highest BCUT2D eigenvalue weighted by molar-refractivity contribution is 5.92. The summed E-state index contributed by atoms with van der Waals surface area (Å²) in [5.41, 5.74) is 1.56. The van der Waals surface area contributed by atoms with Crippen LogP contribution in [0.1, 0.15) is 29.0 Å². The molecule has 1 fully saturated rings. The number of imidazole rings is 1. The predicted molar refractivity (Wildman–Crippen MR) is 89.3 cm³/mol. The highest BCUT2D eigenvalue weighted by Crippen LogP contribution is 2.21. The van der Waals surface area contributed by atoms with Gasteiger partial charge in [0, 0.05) is 18.4 Å². The van der Waals surface area contributed by atoms with Crippen molar-refractivity contribution in [2.45, 2.75) is 25.5 Å². The zero-order valence-corrected chi connectivity index (χ0v) is 14.0. The Morgan fingerprint density at radius 3 is 3.04 bits per heavy atom. The van der Waals surface area contributed by atoms with Gasteiger partial charge in [0.1, 0.15) is 12.1 Å². The number of likely N-dealkylation sites (tertiary alicyclic amines) is 1. The fourth-order valence-electron chi connectivity index (χ4n) is 2.88. The number of aliphatic hydroxyl groups excluding tert-OH is 1. The average molecular weight is 356 g/mol. The van der Waals surface area contributed by atoms with E-state index in [0.29, 0.717) is 30.2 Å². The minimum Gasteiger partial charge on any atom is -0.448 e. The van der Waals surface area contributed by atoms with E-state index in [2.05, 4.69) is 9.97 Å². The number of aromatic nitrogens is 3. The number of amides is 1. The lowest BCUT2D eigenvalue weighted by molar-refractivity contribution is -0.0360. The summed E-state index contributed by atoms with van der Waals surface area (Å²) in [7, 11) is 0. The van der Waals surface area contributed by atoms with Crippen LogP contribution in [-0.4, -0.2) is 49.1 Å². The third-order valence-corrected chi connectivity index (χ3v) is 4.54. The van der Waals surface area contributed by atoms with Crippen molar-refractivity contribution in [2.24, 2.45) is 0 Å². The van der Waals surface area contributed by atoms with E-state index in [9.17, 15) is 14.3 Å². The maximum atomic E-state index is 13.3. The van der Waals surface area contributed by atoms with Crippen molar-refractivity contribution in [3.63, 3.8) is 0 Å². The van der Waals surface area contributed by atoms with Crippen LogP contribution in [0.3, 0.4) is 0 Å². The van der Waals surface area contributed by atoms with Crippen LogP contribution >= 0.6 is 0 Å². The molecule has 7 nitrogen and oxygen atoms in total. The quantitative estimate of drug-likeness (QED) is 0.771. The summed E-state index contributed by atoms with van der Waals surface area (Å²) < 4.78 is 20.4. The number of β-amino-alcohol motifs (C(OH)–C–C–N with tert-alkyl or cyclic N) is 1. The molecule has 4 rings (SSSR count). The number of rotatable bonds is 4. The largest absolute Gasteiger partial charge is 0.448 e. The Morgan fingerprint density at radius 2 is 2.31 bits per heavy atom. The number of aliphatic hydroxyl groups is 1. The molecule has 0 radical (unpaired) electrons. The number of nitrogens with zero attached hydrogens (tertiary/aromatic N) is 4. The molecule has 26 heavy (non-hydrogen) atoms. The van der Waals surface area contributed by atoms with E-state index < -0.39 is 6.10 Å². The molecule has 1 aromatic carbocycles. The Bertz CT molecular complexity index is 951. The van der Waals surface area contributed by atoms with Gasteiger partial charge >= 0.3 is 0 Å². The molecule has 3 heterocycles. The van der Waals surface area contributed by atoms with Crippen molar-refractivity contribution >= 4 is 5.91 Å². The molecular weight excluding hydrogens is 339 g/mol. The molecule has 134 valence electrons. The average Bonchev–Trinajstić information content (AvgIpc) is 3.29. The van der Waals surface area contributed by atoms with Crippen LogP contribution in [0.4, 0.5) is 4.39 Å². The number of carbonyl (C=O) groups is 1. The first kappa shape index (κ1) is 16.5. The van der Waals surface area contributed by atoms with Crippen LogP contribution in [0.25, 0.3) is 5.69 Å². The summed E-state index contributed by atoms with van der Waals surface area (Å²) in [6, 6.07) is 5.98. The topological polar surface area (TPSA) is 84.4 Å². The maximum absolute atomic E-state index is 13.3. The third kappa shape index (κ3) is 2.99. The van der Waals surface area contributed by atoms with Crippen LogP contribution < -0.4 is 0 Å². The van der Waals surface area contributed by atoms with Crippen LogP contribution in [0, 0.1) is 5.82 Å². The number of oxazole rings is 1. The normalized spacial score (nSPS) is 19.4. The second kappa shape index (κ2) is 6.38. The molecule has 2 aromatic heterocycles. The Hall–Kier alpha value is -3.00. The van der Waals surface area contributed by atoms with E-state index >= 15 is 0 Å². The molecule has 0 bridgehead atoms. The Labute approximate surface area is 148 Å². The zero-order valence-electron chi connectivity index (χ0n) is 14.0. The van der Waals surface area contributed by atoms with Gasteiger partial charge in [0.05, 0.1) is 30.6 Å². The summed E-state index contributed by atoms with van der Waals surface area (Å²) in [5.74, 6) is -0.214. The second-order valence-corrected chi connectivity index (χ2v) is 6.32. The Kier molecular flexibility index (Phi) is 4.04. The van der Waals surface area contributed by atoms with Gasteiger partial charge in [-0.05, 0) is 25.1 Å². The molecule has 2 atom stereocenters. The minimum atomic E-state index is -0.489. The first-order valence-corrected chi connectivity index (χ1v) is 8.23. The Morgan fingerprint density at radius 1 is 1.46 bits per heavy atom. The Balaban J connectivity index is 1.46. The van der Waals surface area contributed by atoms with Crippen molar-refractivity contribution < 1.29 is 18.7 Å². The predicted octanol–water partition coefficient (Wildman–Crippen LogP) is 1.80. The molecule has 8 heteroatoms. The van der Waals surface area contributed by atoms with Crippen molar-refractivity contribution in [2.75, 3.05) is 6.54 Å². The van der Waals surface area contributed by atoms with Gasteiger partial charge in [0.2, 0.25) is 5.89 Å². The van der Waals surface area contributed by atoms with Crippen LogP contribution in [-0.2, 0) is 6.42 Å². The van der Waals surface area contributed by atoms with E-state index in [1.54, 1.807) is 41.0 Å². The van der Waals surface area contributed by atoms with E-state index in [4.69, 9.17) is 4.42 Å². The van der Waals surface area contributed by atoms with Gasteiger partial charge < -0.3 is 19.0 Å². The molecule has 0 saturated carbocycles. The molecule has 1 saturated heterocycles. The molecule has 1 N–H and O–H groups in total. The van der Waals surface area contributed by atoms with Crippen molar-refractivity contribution in [1.82, 2.24) is 19.4 Å². The van der Waals surface area contributed by atoms with E-state index in [1.165, 1.54) is 18.4 Å². The van der Waals surface area contributed by atoms with Crippen LogP contribution in [0.5, 0.6) is 0 Å². The fraction of sp³-hybridized carbons (Fsp3) is 0.278. The number of halogens is 1. The number of hydrogen-bond donors (Lipinski definition) is 1. The molecule has 3 aromatic rings. The van der Waals surface area contributed by atoms with Gasteiger partial charge in [-0.25, -0.2) is 14.4 Å². The van der Waals surface area contributed by atoms with Crippen molar-refractivity contribution in [3.8, 4) is 5.69 Å². The van der Waals surface area contributed by atoms with Crippen LogP contribution in [0.15, 0.2) is 47.5 Å². The minimum absolute atomic E-state index is 0.211. The lowest BCUT2D eigenvalue weighted by Crippen LogP contribution is -2.60. The van der Waals surface area contributed by atoms with E-state index in [-0.39, 0.29) is 23.5 Å². The number of carbonyl (C=O) groups excluding carboxylic acids is 1. The lowest BCUT2D eigenvalue weighted by Gasteiger charge is -2.42. The monoisotopic (exact) mass is 356 g/mol. The van der Waals surface area contributed by atoms with Gasteiger partial charge in [0.25, 0.3) is 5.91 Å². The molecular formula is C18H17FN4O3. The molecule has 1 aliphatic heterocycles. The molecule has 0 aliphatic carbocycles. The van der Waals surface area contributed by atoms with Gasteiger partial charge in [0.15, 0.2) is 5.69 Å². The second-order valence-electron chi connectivity index (χ2n) is 6.32. The smallest absolute Gasteiger partial charge is 0.276 e. The summed E-state index contributed by atoms with van der Waals surface area (Å²) in [6.07, 6.45) is 4.49. The van der Waals surface area contributed by atoms with Gasteiger partial charge in [-0.15, -0.1) is 0 Å². The highest BCUT2D eigenvalue weighted by Gasteiger charge is 2.38. The fourth-order valence-corrected chi connectivity index (χ4v) is 2.88. The maximum Gasteiger partial charge on any atom is 0.276 e. The zero-order chi connectivity index (χ0) is 18.3. The molecule has 1 amide bonds. The van der Waals surface area contributed by atoms with Crippen LogP contribution in [0.2, 0.25) is 0 Å². The summed E-state index contributed by atoms with van der Waals surface area (Å²) in [6.45, 7) is 2.09. The molecule has 0 unspecified atom stereocenters.